The molecule has 1 fully saturated rings. The maximum absolute atomic E-state index is 12.7. The highest BCUT2D eigenvalue weighted by molar-refractivity contribution is 6.05. The second-order valence-corrected chi connectivity index (χ2v) is 7.24. The number of benzene rings is 2. The Morgan fingerprint density at radius 3 is 2.11 bits per heavy atom. The lowest BCUT2D eigenvalue weighted by atomic mass is 10.1. The number of nitrogens with one attached hydrogen (secondary N) is 1. The second kappa shape index (κ2) is 9.08. The van der Waals surface area contributed by atoms with E-state index in [-0.39, 0.29) is 5.91 Å². The third-order valence-electron chi connectivity index (χ3n) is 5.23. The van der Waals surface area contributed by atoms with Gasteiger partial charge in [0.2, 0.25) is 0 Å². The Morgan fingerprint density at radius 1 is 1.00 bits per heavy atom. The van der Waals surface area contributed by atoms with Crippen LogP contribution in [0.5, 0.6) is 11.5 Å². The van der Waals surface area contributed by atoms with Crippen molar-refractivity contribution in [3.8, 4) is 11.5 Å². The van der Waals surface area contributed by atoms with Crippen molar-refractivity contribution >= 4 is 11.6 Å². The zero-order valence-corrected chi connectivity index (χ0v) is 17.1. The molecule has 0 saturated carbocycles. The van der Waals surface area contributed by atoms with Gasteiger partial charge in [-0.15, -0.1) is 0 Å². The van der Waals surface area contributed by atoms with Crippen molar-refractivity contribution in [2.24, 2.45) is 0 Å². The smallest absolute Gasteiger partial charge is 0.255 e. The summed E-state index contributed by atoms with van der Waals surface area (Å²) in [5.41, 5.74) is 3.39. The fourth-order valence-corrected chi connectivity index (χ4v) is 3.38. The summed E-state index contributed by atoms with van der Waals surface area (Å²) in [6.45, 7) is 7.24. The van der Waals surface area contributed by atoms with Gasteiger partial charge in [-0.05, 0) is 43.8 Å². The first kappa shape index (κ1) is 20.2. The maximum atomic E-state index is 12.7. The highest BCUT2D eigenvalue weighted by Gasteiger charge is 2.15. The molecule has 1 amide bonds. The molecule has 0 aliphatic carbocycles. The zero-order chi connectivity index (χ0) is 20.1. The Kier molecular flexibility index (Phi) is 6.54. The summed E-state index contributed by atoms with van der Waals surface area (Å²) in [6.07, 6.45) is 0. The third kappa shape index (κ3) is 4.82. The number of rotatable bonds is 6. The molecule has 1 aliphatic rings. The molecule has 0 spiro atoms. The predicted molar refractivity (Wildman–Crippen MR) is 111 cm³/mol. The molecule has 3 rings (SSSR count). The van der Waals surface area contributed by atoms with Crippen molar-refractivity contribution in [3.05, 3.63) is 53.1 Å². The minimum Gasteiger partial charge on any atom is -0.496 e. The van der Waals surface area contributed by atoms with Crippen molar-refractivity contribution in [2.75, 3.05) is 52.8 Å². The Balaban J connectivity index is 1.64. The van der Waals surface area contributed by atoms with E-state index < -0.39 is 0 Å². The molecular weight excluding hydrogens is 354 g/mol. The number of anilines is 1. The van der Waals surface area contributed by atoms with E-state index in [2.05, 4.69) is 34.3 Å². The van der Waals surface area contributed by atoms with Crippen LogP contribution in [0.25, 0.3) is 0 Å². The summed E-state index contributed by atoms with van der Waals surface area (Å²) in [6, 6.07) is 11.5. The molecule has 0 bridgehead atoms. The maximum Gasteiger partial charge on any atom is 0.255 e. The molecular formula is C22H29N3O3. The molecule has 6 nitrogen and oxygen atoms in total. The fraction of sp³-hybridized carbons (Fsp3) is 0.409. The first-order chi connectivity index (χ1) is 13.5. The number of hydrogen-bond acceptors (Lipinski definition) is 5. The topological polar surface area (TPSA) is 54.0 Å². The van der Waals surface area contributed by atoms with Crippen LogP contribution in [-0.4, -0.2) is 63.2 Å². The van der Waals surface area contributed by atoms with E-state index in [4.69, 9.17) is 9.47 Å². The monoisotopic (exact) mass is 383 g/mol. The molecule has 2 aromatic rings. The molecule has 6 heteroatoms. The van der Waals surface area contributed by atoms with Crippen molar-refractivity contribution < 1.29 is 14.3 Å². The van der Waals surface area contributed by atoms with Gasteiger partial charge in [0.25, 0.3) is 5.91 Å². The van der Waals surface area contributed by atoms with E-state index in [0.717, 1.165) is 44.0 Å². The lowest BCUT2D eigenvalue weighted by Gasteiger charge is -2.32. The van der Waals surface area contributed by atoms with Crippen molar-refractivity contribution in [2.45, 2.75) is 13.5 Å². The number of likely N-dealkylation sites (N-methyl/N-ethyl adjacent to an activating group) is 1. The lowest BCUT2D eigenvalue weighted by molar-refractivity contribution is 0.102. The molecule has 28 heavy (non-hydrogen) atoms. The summed E-state index contributed by atoms with van der Waals surface area (Å²) >= 11 is 0. The van der Waals surface area contributed by atoms with E-state index in [0.29, 0.717) is 17.1 Å². The summed E-state index contributed by atoms with van der Waals surface area (Å²) in [4.78, 5) is 17.5. The zero-order valence-electron chi connectivity index (χ0n) is 17.1. The molecule has 0 unspecified atom stereocenters. The van der Waals surface area contributed by atoms with Crippen molar-refractivity contribution in [3.63, 3.8) is 0 Å². The van der Waals surface area contributed by atoms with E-state index in [1.807, 2.05) is 19.1 Å². The molecule has 0 aromatic heterocycles. The Morgan fingerprint density at radius 2 is 1.57 bits per heavy atom. The van der Waals surface area contributed by atoms with Crippen LogP contribution < -0.4 is 14.8 Å². The van der Waals surface area contributed by atoms with Crippen molar-refractivity contribution in [1.29, 1.82) is 0 Å². The van der Waals surface area contributed by atoms with Gasteiger partial charge in [-0.2, -0.15) is 0 Å². The number of carbonyl (C=O) groups is 1. The van der Waals surface area contributed by atoms with Gasteiger partial charge in [0.15, 0.2) is 0 Å². The number of carbonyl (C=O) groups excluding carboxylic acids is 1. The van der Waals surface area contributed by atoms with Gasteiger partial charge < -0.3 is 19.7 Å². The number of hydrogen-bond donors (Lipinski definition) is 1. The first-order valence-corrected chi connectivity index (χ1v) is 9.54. The summed E-state index contributed by atoms with van der Waals surface area (Å²) in [5, 5.41) is 2.95. The van der Waals surface area contributed by atoms with E-state index in [1.165, 1.54) is 5.56 Å². The third-order valence-corrected chi connectivity index (χ3v) is 5.23. The number of amides is 1. The van der Waals surface area contributed by atoms with Crippen molar-refractivity contribution in [1.82, 2.24) is 9.80 Å². The Hall–Kier alpha value is -2.57. The van der Waals surface area contributed by atoms with Crippen LogP contribution in [0, 0.1) is 6.92 Å². The fourth-order valence-electron chi connectivity index (χ4n) is 3.38. The molecule has 150 valence electrons. The summed E-state index contributed by atoms with van der Waals surface area (Å²) in [5.74, 6) is 1.07. The van der Waals surface area contributed by atoms with Gasteiger partial charge in [-0.3, -0.25) is 9.69 Å². The number of piperazine rings is 1. The minimum absolute atomic E-state index is 0.191. The van der Waals surface area contributed by atoms with Gasteiger partial charge in [0, 0.05) is 49.5 Å². The average molecular weight is 383 g/mol. The lowest BCUT2D eigenvalue weighted by Crippen LogP contribution is -2.43. The van der Waals surface area contributed by atoms with E-state index >= 15 is 0 Å². The van der Waals surface area contributed by atoms with Crippen LogP contribution in [0.3, 0.4) is 0 Å². The number of nitrogens with zero attached hydrogens (tertiary/aromatic N) is 2. The van der Waals surface area contributed by atoms with Gasteiger partial charge >= 0.3 is 0 Å². The normalized spacial score (nSPS) is 15.3. The quantitative estimate of drug-likeness (QED) is 0.831. The second-order valence-electron chi connectivity index (χ2n) is 7.24. The molecule has 0 radical (unpaired) electrons. The van der Waals surface area contributed by atoms with Crippen LogP contribution in [0.1, 0.15) is 21.5 Å². The molecule has 1 saturated heterocycles. The van der Waals surface area contributed by atoms with Crippen LogP contribution in [0.2, 0.25) is 0 Å². The van der Waals surface area contributed by atoms with Crippen LogP contribution in [0.4, 0.5) is 5.69 Å². The Bertz CT molecular complexity index is 787. The average Bonchev–Trinajstić information content (AvgIpc) is 2.71. The number of methoxy groups -OCH3 is 2. The predicted octanol–water partition coefficient (Wildman–Crippen LogP) is 3.01. The van der Waals surface area contributed by atoms with Gasteiger partial charge in [0.05, 0.1) is 14.2 Å². The number of ether oxygens (including phenoxy) is 2. The molecule has 1 heterocycles. The van der Waals surface area contributed by atoms with E-state index in [9.17, 15) is 4.79 Å². The Labute approximate surface area is 167 Å². The van der Waals surface area contributed by atoms with Gasteiger partial charge in [-0.25, -0.2) is 0 Å². The molecule has 0 atom stereocenters. The molecule has 1 aliphatic heterocycles. The summed E-state index contributed by atoms with van der Waals surface area (Å²) < 4.78 is 10.7. The SMILES string of the molecule is COc1cc(C(=O)Nc2ccc(CN3CCN(C)CC3)cc2)cc(OC)c1C. The van der Waals surface area contributed by atoms with Crippen LogP contribution in [-0.2, 0) is 6.54 Å². The summed E-state index contributed by atoms with van der Waals surface area (Å²) in [7, 11) is 5.33. The highest BCUT2D eigenvalue weighted by Crippen LogP contribution is 2.29. The van der Waals surface area contributed by atoms with Crippen LogP contribution in [0.15, 0.2) is 36.4 Å². The molecule has 2 aromatic carbocycles. The highest BCUT2D eigenvalue weighted by atomic mass is 16.5. The minimum atomic E-state index is -0.191. The first-order valence-electron chi connectivity index (χ1n) is 9.54. The standard InChI is InChI=1S/C22H29N3O3/c1-16-20(27-3)13-18(14-21(16)28-4)22(26)23-19-7-5-17(6-8-19)15-25-11-9-24(2)10-12-25/h5-8,13-14H,9-12,15H2,1-4H3,(H,23,26). The molecule has 1 N–H and O–H groups in total. The van der Waals surface area contributed by atoms with Gasteiger partial charge in [-0.1, -0.05) is 12.1 Å². The van der Waals surface area contributed by atoms with Gasteiger partial charge in [0.1, 0.15) is 11.5 Å². The largest absolute Gasteiger partial charge is 0.496 e. The van der Waals surface area contributed by atoms with E-state index in [1.54, 1.807) is 26.4 Å². The van der Waals surface area contributed by atoms with Crippen LogP contribution >= 0.6 is 0 Å².